The van der Waals surface area contributed by atoms with Gasteiger partial charge in [0.1, 0.15) is 0 Å². The summed E-state index contributed by atoms with van der Waals surface area (Å²) in [5.41, 5.74) is 1.34. The number of sulfonamides is 1. The van der Waals surface area contributed by atoms with Crippen LogP contribution in [0.15, 0.2) is 23.1 Å². The lowest BCUT2D eigenvalue weighted by Crippen LogP contribution is -2.37. The van der Waals surface area contributed by atoms with Crippen molar-refractivity contribution in [2.45, 2.75) is 50.0 Å². The molecule has 1 aliphatic heterocycles. The number of amides is 1. The van der Waals surface area contributed by atoms with E-state index in [1.54, 1.807) is 18.2 Å². The van der Waals surface area contributed by atoms with E-state index < -0.39 is 10.0 Å². The minimum atomic E-state index is -3.61. The maximum atomic E-state index is 13.1. The second kappa shape index (κ2) is 8.29. The van der Waals surface area contributed by atoms with Crippen molar-refractivity contribution in [3.05, 3.63) is 29.3 Å². The van der Waals surface area contributed by atoms with Crippen LogP contribution >= 0.6 is 0 Å². The fourth-order valence-electron chi connectivity index (χ4n) is 3.85. The molecule has 0 bridgehead atoms. The molecule has 2 aliphatic rings. The van der Waals surface area contributed by atoms with Crippen molar-refractivity contribution in [3.63, 3.8) is 0 Å². The van der Waals surface area contributed by atoms with Gasteiger partial charge in [-0.3, -0.25) is 4.79 Å². The molecule has 1 amide bonds. The van der Waals surface area contributed by atoms with E-state index >= 15 is 0 Å². The zero-order valence-corrected chi connectivity index (χ0v) is 17.4. The van der Waals surface area contributed by atoms with Gasteiger partial charge in [0.25, 0.3) is 5.91 Å². The smallest absolute Gasteiger partial charge is 0.254 e. The highest BCUT2D eigenvalue weighted by Crippen LogP contribution is 2.40. The Kier molecular flexibility index (Phi) is 6.23. The average Bonchev–Trinajstić information content (AvgIpc) is 3.35. The molecular weight excluding hydrogens is 362 g/mol. The fourth-order valence-corrected chi connectivity index (χ4v) is 4.95. The van der Waals surface area contributed by atoms with Crippen LogP contribution < -0.4 is 4.72 Å². The highest BCUT2D eigenvalue weighted by Gasteiger charge is 2.40. The van der Waals surface area contributed by atoms with Crippen LogP contribution in [0, 0.1) is 12.8 Å². The summed E-state index contributed by atoms with van der Waals surface area (Å²) in [4.78, 5) is 17.3. The Bertz CT molecular complexity index is 788. The molecule has 0 aromatic heterocycles. The van der Waals surface area contributed by atoms with Gasteiger partial charge in [-0.2, -0.15) is 0 Å². The third-order valence-corrected chi connectivity index (χ3v) is 7.01. The Hall–Kier alpha value is -1.44. The molecule has 1 aromatic carbocycles. The van der Waals surface area contributed by atoms with Crippen molar-refractivity contribution in [1.29, 1.82) is 0 Å². The minimum absolute atomic E-state index is 0.0217. The van der Waals surface area contributed by atoms with E-state index in [4.69, 9.17) is 0 Å². The largest absolute Gasteiger partial charge is 0.335 e. The van der Waals surface area contributed by atoms with Crippen LogP contribution in [-0.2, 0) is 10.0 Å². The molecule has 1 N–H and O–H groups in total. The number of benzene rings is 1. The number of rotatable bonds is 8. The molecule has 0 radical (unpaired) electrons. The zero-order chi connectivity index (χ0) is 19.6. The van der Waals surface area contributed by atoms with E-state index in [2.05, 4.69) is 4.72 Å². The van der Waals surface area contributed by atoms with Crippen LogP contribution in [0.5, 0.6) is 0 Å². The van der Waals surface area contributed by atoms with Crippen LogP contribution in [-0.4, -0.2) is 63.9 Å². The second-order valence-corrected chi connectivity index (χ2v) is 9.84. The fraction of sp³-hybridized carbons (Fsp3) is 0.650. The maximum absolute atomic E-state index is 13.1. The molecule has 1 heterocycles. The van der Waals surface area contributed by atoms with Gasteiger partial charge in [-0.15, -0.1) is 0 Å². The number of aryl methyl sites for hydroxylation is 1. The van der Waals surface area contributed by atoms with Gasteiger partial charge in [0.05, 0.1) is 4.90 Å². The van der Waals surface area contributed by atoms with Gasteiger partial charge in [0.2, 0.25) is 10.0 Å². The Morgan fingerprint density at radius 2 is 2.00 bits per heavy atom. The third-order valence-electron chi connectivity index (χ3n) is 5.55. The monoisotopic (exact) mass is 393 g/mol. The van der Waals surface area contributed by atoms with E-state index in [1.807, 2.05) is 30.8 Å². The van der Waals surface area contributed by atoms with Crippen molar-refractivity contribution < 1.29 is 13.2 Å². The van der Waals surface area contributed by atoms with E-state index in [-0.39, 0.29) is 10.8 Å². The lowest BCUT2D eigenvalue weighted by molar-refractivity contribution is 0.0720. The maximum Gasteiger partial charge on any atom is 0.254 e. The zero-order valence-electron chi connectivity index (χ0n) is 16.6. The Balaban J connectivity index is 1.74. The van der Waals surface area contributed by atoms with Gasteiger partial charge in [-0.1, -0.05) is 6.07 Å². The SMILES string of the molecule is Cc1ccc(S(=O)(=O)NCCCN(C)C)cc1C(=O)N1CCCC1C1CC1. The quantitative estimate of drug-likeness (QED) is 0.688. The first kappa shape index (κ1) is 20.3. The van der Waals surface area contributed by atoms with Crippen molar-refractivity contribution in [3.8, 4) is 0 Å². The number of nitrogens with zero attached hydrogens (tertiary/aromatic N) is 2. The van der Waals surface area contributed by atoms with Crippen LogP contribution in [0.4, 0.5) is 0 Å². The average molecular weight is 394 g/mol. The number of nitrogens with one attached hydrogen (secondary N) is 1. The van der Waals surface area contributed by atoms with Gasteiger partial charge in [0, 0.05) is 24.7 Å². The van der Waals surface area contributed by atoms with E-state index in [9.17, 15) is 13.2 Å². The van der Waals surface area contributed by atoms with Crippen molar-refractivity contribution in [2.75, 3.05) is 33.7 Å². The molecular formula is C20H31N3O3S. The Morgan fingerprint density at radius 3 is 2.67 bits per heavy atom. The van der Waals surface area contributed by atoms with E-state index in [0.29, 0.717) is 24.1 Å². The first-order chi connectivity index (χ1) is 12.8. The van der Waals surface area contributed by atoms with Gasteiger partial charge in [-0.25, -0.2) is 13.1 Å². The summed E-state index contributed by atoms with van der Waals surface area (Å²) in [6.07, 6.45) is 5.26. The van der Waals surface area contributed by atoms with Gasteiger partial charge < -0.3 is 9.80 Å². The molecule has 1 saturated heterocycles. The standard InChI is InChI=1S/C20H31N3O3S/c1-15-7-10-17(27(25,26)21-11-5-12-22(2)3)14-18(15)20(24)23-13-4-6-19(23)16-8-9-16/h7,10,14,16,19,21H,4-6,8-9,11-13H2,1-3H3. The Labute approximate surface area is 163 Å². The van der Waals surface area contributed by atoms with Gasteiger partial charge in [-0.05, 0) is 83.3 Å². The highest BCUT2D eigenvalue weighted by atomic mass is 32.2. The summed E-state index contributed by atoms with van der Waals surface area (Å²) in [6.45, 7) is 3.85. The second-order valence-electron chi connectivity index (χ2n) is 8.08. The van der Waals surface area contributed by atoms with Crippen LogP contribution in [0.3, 0.4) is 0 Å². The molecule has 7 heteroatoms. The highest BCUT2D eigenvalue weighted by molar-refractivity contribution is 7.89. The molecule has 27 heavy (non-hydrogen) atoms. The molecule has 1 aromatic rings. The number of hydrogen-bond donors (Lipinski definition) is 1. The van der Waals surface area contributed by atoms with E-state index in [1.165, 1.54) is 12.8 Å². The first-order valence-electron chi connectivity index (χ1n) is 9.85. The molecule has 1 aliphatic carbocycles. The van der Waals surface area contributed by atoms with Crippen LogP contribution in [0.25, 0.3) is 0 Å². The van der Waals surface area contributed by atoms with Crippen LogP contribution in [0.2, 0.25) is 0 Å². The third kappa shape index (κ3) is 4.89. The topological polar surface area (TPSA) is 69.7 Å². The Morgan fingerprint density at radius 1 is 1.26 bits per heavy atom. The van der Waals surface area contributed by atoms with E-state index in [0.717, 1.165) is 37.9 Å². The lowest BCUT2D eigenvalue weighted by atomic mass is 10.1. The number of carbonyl (C=O) groups excluding carboxylic acids is 1. The normalized spacial score (nSPS) is 20.4. The molecule has 3 rings (SSSR count). The number of carbonyl (C=O) groups is 1. The molecule has 6 nitrogen and oxygen atoms in total. The predicted octanol–water partition coefficient (Wildman–Crippen LogP) is 2.24. The summed E-state index contributed by atoms with van der Waals surface area (Å²) in [5, 5.41) is 0. The summed E-state index contributed by atoms with van der Waals surface area (Å²) in [5.74, 6) is 0.619. The van der Waals surface area contributed by atoms with Crippen molar-refractivity contribution in [1.82, 2.24) is 14.5 Å². The van der Waals surface area contributed by atoms with Crippen molar-refractivity contribution in [2.24, 2.45) is 5.92 Å². The lowest BCUT2D eigenvalue weighted by Gasteiger charge is -2.25. The predicted molar refractivity (Wildman–Crippen MR) is 106 cm³/mol. The number of likely N-dealkylation sites (tertiary alicyclic amines) is 1. The summed E-state index contributed by atoms with van der Waals surface area (Å²) >= 11 is 0. The summed E-state index contributed by atoms with van der Waals surface area (Å²) in [7, 11) is 0.305. The molecule has 1 saturated carbocycles. The summed E-state index contributed by atoms with van der Waals surface area (Å²) < 4.78 is 27.9. The molecule has 150 valence electrons. The van der Waals surface area contributed by atoms with Crippen LogP contribution in [0.1, 0.15) is 48.0 Å². The van der Waals surface area contributed by atoms with Gasteiger partial charge in [0.15, 0.2) is 0 Å². The summed E-state index contributed by atoms with van der Waals surface area (Å²) in [6, 6.07) is 5.21. The molecule has 1 unspecified atom stereocenters. The first-order valence-corrected chi connectivity index (χ1v) is 11.3. The minimum Gasteiger partial charge on any atom is -0.335 e. The van der Waals surface area contributed by atoms with Crippen molar-refractivity contribution >= 4 is 15.9 Å². The number of hydrogen-bond acceptors (Lipinski definition) is 4. The molecule has 2 fully saturated rings. The van der Waals surface area contributed by atoms with Gasteiger partial charge >= 0.3 is 0 Å². The molecule has 0 spiro atoms. The molecule has 1 atom stereocenters.